The number of halogens is 1. The predicted octanol–water partition coefficient (Wildman–Crippen LogP) is 2.02. The summed E-state index contributed by atoms with van der Waals surface area (Å²) in [4.78, 5) is 4.82. The average Bonchev–Trinajstić information content (AvgIpc) is 2.74. The van der Waals surface area contributed by atoms with Gasteiger partial charge < -0.3 is 19.2 Å². The third-order valence-electron chi connectivity index (χ3n) is 4.69. The molecule has 1 aromatic rings. The van der Waals surface area contributed by atoms with Crippen LogP contribution >= 0.6 is 15.9 Å². The monoisotopic (exact) mass is 380 g/mol. The van der Waals surface area contributed by atoms with Gasteiger partial charge in [-0.15, -0.1) is 0 Å². The van der Waals surface area contributed by atoms with Gasteiger partial charge in [-0.1, -0.05) is 6.92 Å². The Labute approximate surface area is 148 Å². The van der Waals surface area contributed by atoms with Gasteiger partial charge in [0.1, 0.15) is 12.4 Å². The van der Waals surface area contributed by atoms with Crippen LogP contribution in [-0.2, 0) is 17.6 Å². The minimum Gasteiger partial charge on any atom is -0.490 e. The van der Waals surface area contributed by atoms with Crippen molar-refractivity contribution in [1.82, 2.24) is 4.81 Å². The molecule has 0 fully saturated rings. The number of nitrogens with zero attached hydrogens (tertiary/aromatic N) is 2. The minimum atomic E-state index is 0.756. The maximum Gasteiger partial charge on any atom is 0.185 e. The first-order chi connectivity index (χ1) is 11.2. The number of hydrogen-bond donors (Lipinski definition) is 0. The van der Waals surface area contributed by atoms with E-state index in [0.29, 0.717) is 0 Å². The highest BCUT2D eigenvalue weighted by molar-refractivity contribution is 9.10. The molecule has 23 heavy (non-hydrogen) atoms. The van der Waals surface area contributed by atoms with Crippen LogP contribution in [0.1, 0.15) is 24.5 Å². The van der Waals surface area contributed by atoms with Crippen LogP contribution in [0.15, 0.2) is 10.5 Å². The summed E-state index contributed by atoms with van der Waals surface area (Å²) in [5.41, 5.74) is 4.11. The summed E-state index contributed by atoms with van der Waals surface area (Å²) in [7, 11) is 2.20. The molecule has 126 valence electrons. The molecule has 2 aliphatic rings. The summed E-state index contributed by atoms with van der Waals surface area (Å²) in [6.07, 6.45) is 3.27. The molecule has 0 saturated heterocycles. The van der Waals surface area contributed by atoms with Gasteiger partial charge in [0.25, 0.3) is 0 Å². The lowest BCUT2D eigenvalue weighted by atomic mass is 10.0. The number of benzene rings is 1. The predicted molar refractivity (Wildman–Crippen MR) is 100 cm³/mol. The molecule has 6 heteroatoms. The second-order valence-corrected chi connectivity index (χ2v) is 7.22. The zero-order chi connectivity index (χ0) is 16.2. The second-order valence-electron chi connectivity index (χ2n) is 6.43. The van der Waals surface area contributed by atoms with Gasteiger partial charge in [0.05, 0.1) is 18.8 Å². The molecule has 0 N–H and O–H groups in total. The van der Waals surface area contributed by atoms with Crippen LogP contribution < -0.4 is 9.64 Å². The Kier molecular flexibility index (Phi) is 5.88. The van der Waals surface area contributed by atoms with Gasteiger partial charge >= 0.3 is 0 Å². The van der Waals surface area contributed by atoms with Gasteiger partial charge in [-0.3, -0.25) is 0 Å². The first-order valence-corrected chi connectivity index (χ1v) is 9.48. The molecule has 0 unspecified atom stereocenters. The summed E-state index contributed by atoms with van der Waals surface area (Å²) in [6.45, 7) is 8.61. The van der Waals surface area contributed by atoms with Crippen molar-refractivity contribution in [2.45, 2.75) is 26.2 Å². The zero-order valence-corrected chi connectivity index (χ0v) is 15.8. The highest BCUT2D eigenvalue weighted by atomic mass is 79.9. The first-order valence-electron chi connectivity index (χ1n) is 8.69. The molecule has 0 amide bonds. The fraction of sp³-hybridized carbons (Fsp3) is 0.647. The number of hydrogen-bond acceptors (Lipinski definition) is 4. The van der Waals surface area contributed by atoms with E-state index in [2.05, 4.69) is 46.6 Å². The summed E-state index contributed by atoms with van der Waals surface area (Å²) >= 11 is 3.89. The van der Waals surface area contributed by atoms with Crippen molar-refractivity contribution >= 4 is 29.6 Å². The molecule has 3 rings (SSSR count). The Balaban J connectivity index is 1.84. The van der Waals surface area contributed by atoms with Crippen LogP contribution in [0.4, 0.5) is 5.69 Å². The van der Waals surface area contributed by atoms with E-state index in [0.717, 1.165) is 71.0 Å². The third-order valence-corrected chi connectivity index (χ3v) is 5.55. The van der Waals surface area contributed by atoms with E-state index in [1.807, 2.05) is 0 Å². The topological polar surface area (TPSA) is 24.9 Å². The molecule has 2 aliphatic heterocycles. The normalized spacial score (nSPS) is 18.1. The van der Waals surface area contributed by atoms with E-state index in [1.54, 1.807) is 0 Å². The largest absolute Gasteiger partial charge is 0.490 e. The van der Waals surface area contributed by atoms with Crippen molar-refractivity contribution in [3.05, 3.63) is 21.7 Å². The van der Waals surface area contributed by atoms with E-state index in [4.69, 9.17) is 9.47 Å². The lowest BCUT2D eigenvalue weighted by Gasteiger charge is -2.33. The van der Waals surface area contributed by atoms with E-state index < -0.39 is 0 Å². The molecule has 2 heterocycles. The Hall–Kier alpha value is -0.715. The summed E-state index contributed by atoms with van der Waals surface area (Å²) in [5, 5.41) is 0. The van der Waals surface area contributed by atoms with Gasteiger partial charge in [0, 0.05) is 17.6 Å². The highest BCUT2D eigenvalue weighted by Crippen LogP contribution is 2.43. The lowest BCUT2D eigenvalue weighted by molar-refractivity contribution is 0.139. The molecule has 0 aliphatic carbocycles. The quantitative estimate of drug-likeness (QED) is 0.576. The van der Waals surface area contributed by atoms with Crippen LogP contribution in [0.3, 0.4) is 0 Å². The Bertz CT molecular complexity index is 556. The number of anilines is 1. The molecule has 0 radical (unpaired) electrons. The molecule has 4 nitrogen and oxygen atoms in total. The molecular formula is C17H26BBrN2O2. The molecule has 0 atom stereocenters. The minimum absolute atomic E-state index is 0.756. The Morgan fingerprint density at radius 3 is 2.91 bits per heavy atom. The maximum atomic E-state index is 5.97. The average molecular weight is 381 g/mol. The van der Waals surface area contributed by atoms with Crippen LogP contribution in [0.2, 0.25) is 0 Å². The fourth-order valence-corrected chi connectivity index (χ4v) is 4.25. The highest BCUT2D eigenvalue weighted by Gasteiger charge is 2.26. The van der Waals surface area contributed by atoms with E-state index in [-0.39, 0.29) is 0 Å². The molecule has 1 aromatic carbocycles. The van der Waals surface area contributed by atoms with Crippen molar-refractivity contribution in [1.29, 1.82) is 0 Å². The fourth-order valence-electron chi connectivity index (χ4n) is 3.35. The number of fused-ring (bicyclic) bond motifs is 2. The SMILES string of the molecule is BN1CCc2cc3c(c(Br)c2CC1)N(CCOCCC)CCO3. The Morgan fingerprint density at radius 1 is 1.26 bits per heavy atom. The van der Waals surface area contributed by atoms with E-state index in [1.165, 1.54) is 21.3 Å². The van der Waals surface area contributed by atoms with Crippen molar-refractivity contribution in [3.63, 3.8) is 0 Å². The van der Waals surface area contributed by atoms with Crippen molar-refractivity contribution < 1.29 is 9.47 Å². The standard InChI is InChI=1S/C17H26BBrN2O2/c1-2-9-22-10-7-20-8-11-23-15-12-13-3-5-21(18)6-4-14(13)16(19)17(15)20/h12H,2-11,18H2,1H3. The number of rotatable bonds is 5. The van der Waals surface area contributed by atoms with Crippen LogP contribution in [0.25, 0.3) is 0 Å². The second kappa shape index (κ2) is 7.91. The molecular weight excluding hydrogens is 355 g/mol. The molecule has 0 bridgehead atoms. The van der Waals surface area contributed by atoms with E-state index >= 15 is 0 Å². The van der Waals surface area contributed by atoms with Crippen molar-refractivity contribution in [2.24, 2.45) is 0 Å². The van der Waals surface area contributed by atoms with Gasteiger partial charge in [-0.05, 0) is 65.5 Å². The third kappa shape index (κ3) is 3.86. The first kappa shape index (κ1) is 17.1. The lowest BCUT2D eigenvalue weighted by Crippen LogP contribution is -2.36. The maximum absolute atomic E-state index is 5.97. The van der Waals surface area contributed by atoms with Crippen LogP contribution in [0, 0.1) is 0 Å². The van der Waals surface area contributed by atoms with Gasteiger partial charge in [-0.25, -0.2) is 0 Å². The summed E-state index contributed by atoms with van der Waals surface area (Å²) < 4.78 is 12.9. The number of ether oxygens (including phenoxy) is 2. The van der Waals surface area contributed by atoms with Gasteiger partial charge in [0.2, 0.25) is 0 Å². The molecule has 0 aromatic heterocycles. The van der Waals surface area contributed by atoms with Crippen LogP contribution in [-0.4, -0.2) is 58.8 Å². The van der Waals surface area contributed by atoms with Crippen molar-refractivity contribution in [3.8, 4) is 5.75 Å². The van der Waals surface area contributed by atoms with Gasteiger partial charge in [0.15, 0.2) is 7.98 Å². The molecule has 0 saturated carbocycles. The van der Waals surface area contributed by atoms with Crippen molar-refractivity contribution in [2.75, 3.05) is 50.9 Å². The van der Waals surface area contributed by atoms with Crippen LogP contribution in [0.5, 0.6) is 5.75 Å². The zero-order valence-electron chi connectivity index (χ0n) is 14.2. The smallest absolute Gasteiger partial charge is 0.185 e. The van der Waals surface area contributed by atoms with E-state index in [9.17, 15) is 0 Å². The summed E-state index contributed by atoms with van der Waals surface area (Å²) in [5.74, 6) is 1.03. The Morgan fingerprint density at radius 2 is 2.09 bits per heavy atom. The molecule has 0 spiro atoms. The summed E-state index contributed by atoms with van der Waals surface area (Å²) in [6, 6.07) is 2.27. The van der Waals surface area contributed by atoms with Gasteiger partial charge in [-0.2, -0.15) is 0 Å².